The second kappa shape index (κ2) is 9.15. The van der Waals surface area contributed by atoms with Crippen molar-refractivity contribution in [1.82, 2.24) is 25.1 Å². The molecule has 0 atom stereocenters. The third kappa shape index (κ3) is 4.53. The standard InChI is InChI=1S/C22H14Cl2N6O2S2/c1-11-27-28-22-30(11)29-20(34-22)12-3-2-4-14(9-12)25-21(33)26-19(31)18-8-7-17(32-18)15-6-5-13(23)10-16(15)24/h2-10H,1H3,(H2,25,26,31,33). The number of hydrogen-bond acceptors (Lipinski definition) is 7. The number of anilines is 1. The van der Waals surface area contributed by atoms with E-state index in [9.17, 15) is 4.79 Å². The predicted molar refractivity (Wildman–Crippen MR) is 137 cm³/mol. The summed E-state index contributed by atoms with van der Waals surface area (Å²) >= 11 is 18.9. The molecule has 5 rings (SSSR count). The fourth-order valence-electron chi connectivity index (χ4n) is 3.18. The van der Waals surface area contributed by atoms with Crippen molar-refractivity contribution in [2.75, 3.05) is 5.32 Å². The topological polar surface area (TPSA) is 97.3 Å². The molecule has 0 saturated carbocycles. The molecule has 1 amide bonds. The number of furan rings is 1. The van der Waals surface area contributed by atoms with Crippen LogP contribution in [-0.2, 0) is 0 Å². The Hall–Kier alpha value is -3.31. The van der Waals surface area contributed by atoms with Crippen molar-refractivity contribution >= 4 is 68.4 Å². The normalized spacial score (nSPS) is 11.0. The highest BCUT2D eigenvalue weighted by Crippen LogP contribution is 2.31. The molecular formula is C22H14Cl2N6O2S2. The van der Waals surface area contributed by atoms with E-state index in [1.54, 1.807) is 34.8 Å². The third-order valence-electron chi connectivity index (χ3n) is 4.77. The summed E-state index contributed by atoms with van der Waals surface area (Å²) in [6.45, 7) is 1.84. The van der Waals surface area contributed by atoms with Gasteiger partial charge in [-0.1, -0.05) is 46.7 Å². The van der Waals surface area contributed by atoms with Crippen LogP contribution in [0.4, 0.5) is 5.69 Å². The maximum atomic E-state index is 12.6. The van der Waals surface area contributed by atoms with Crippen molar-refractivity contribution < 1.29 is 9.21 Å². The van der Waals surface area contributed by atoms with Crippen molar-refractivity contribution in [2.24, 2.45) is 0 Å². The summed E-state index contributed by atoms with van der Waals surface area (Å²) < 4.78 is 7.36. The zero-order chi connectivity index (χ0) is 23.8. The molecule has 34 heavy (non-hydrogen) atoms. The smallest absolute Gasteiger partial charge is 0.293 e. The van der Waals surface area contributed by atoms with E-state index in [2.05, 4.69) is 25.9 Å². The molecule has 8 nitrogen and oxygen atoms in total. The second-order valence-electron chi connectivity index (χ2n) is 7.13. The van der Waals surface area contributed by atoms with Crippen molar-refractivity contribution in [3.8, 4) is 21.9 Å². The van der Waals surface area contributed by atoms with Gasteiger partial charge >= 0.3 is 0 Å². The fraction of sp³-hybridized carbons (Fsp3) is 0.0455. The molecule has 2 N–H and O–H groups in total. The number of carbonyl (C=O) groups excluding carboxylic acids is 1. The van der Waals surface area contributed by atoms with Gasteiger partial charge in [0.25, 0.3) is 5.91 Å². The van der Waals surface area contributed by atoms with E-state index in [1.807, 2.05) is 31.2 Å². The lowest BCUT2D eigenvalue weighted by atomic mass is 10.2. The van der Waals surface area contributed by atoms with Gasteiger partial charge in [-0.05, 0) is 61.6 Å². The van der Waals surface area contributed by atoms with E-state index in [4.69, 9.17) is 39.8 Å². The minimum atomic E-state index is -0.492. The quantitative estimate of drug-likeness (QED) is 0.282. The Morgan fingerprint density at radius 1 is 1.12 bits per heavy atom. The molecule has 0 spiro atoms. The Labute approximate surface area is 212 Å². The zero-order valence-corrected chi connectivity index (χ0v) is 20.5. The molecule has 12 heteroatoms. The first-order valence-corrected chi connectivity index (χ1v) is 11.8. The van der Waals surface area contributed by atoms with E-state index in [1.165, 1.54) is 11.3 Å². The Balaban J connectivity index is 1.27. The molecule has 3 aromatic heterocycles. The van der Waals surface area contributed by atoms with E-state index < -0.39 is 5.91 Å². The van der Waals surface area contributed by atoms with Gasteiger partial charge in [-0.25, -0.2) is 0 Å². The number of aromatic nitrogens is 4. The summed E-state index contributed by atoms with van der Waals surface area (Å²) in [5, 5.41) is 20.1. The van der Waals surface area contributed by atoms with Crippen molar-refractivity contribution in [1.29, 1.82) is 0 Å². The van der Waals surface area contributed by atoms with Crippen LogP contribution in [0.3, 0.4) is 0 Å². The van der Waals surface area contributed by atoms with Crippen molar-refractivity contribution in [3.05, 3.63) is 76.2 Å². The molecule has 2 aromatic carbocycles. The third-order valence-corrected chi connectivity index (χ3v) is 6.47. The molecule has 170 valence electrons. The van der Waals surface area contributed by atoms with Crippen LogP contribution in [0.15, 0.2) is 59.0 Å². The lowest BCUT2D eigenvalue weighted by Gasteiger charge is -2.09. The van der Waals surface area contributed by atoms with Crippen LogP contribution in [0, 0.1) is 6.92 Å². The molecule has 3 heterocycles. The molecule has 0 aliphatic carbocycles. The minimum Gasteiger partial charge on any atom is -0.451 e. The lowest BCUT2D eigenvalue weighted by Crippen LogP contribution is -2.33. The van der Waals surface area contributed by atoms with Crippen LogP contribution in [0.25, 0.3) is 26.9 Å². The van der Waals surface area contributed by atoms with Crippen LogP contribution in [0.1, 0.15) is 16.4 Å². The summed E-state index contributed by atoms with van der Waals surface area (Å²) in [5.74, 6) is 0.761. The second-order valence-corrected chi connectivity index (χ2v) is 9.33. The molecule has 0 fully saturated rings. The van der Waals surface area contributed by atoms with E-state index >= 15 is 0 Å². The molecule has 0 aliphatic heterocycles. The maximum absolute atomic E-state index is 12.6. The summed E-state index contributed by atoms with van der Waals surface area (Å²) in [6, 6.07) is 15.7. The van der Waals surface area contributed by atoms with Gasteiger partial charge in [0, 0.05) is 21.8 Å². The summed E-state index contributed by atoms with van der Waals surface area (Å²) in [6.07, 6.45) is 0. The molecule has 0 radical (unpaired) electrons. The van der Waals surface area contributed by atoms with E-state index in [0.717, 1.165) is 16.4 Å². The van der Waals surface area contributed by atoms with Crippen molar-refractivity contribution in [2.45, 2.75) is 6.92 Å². The molecule has 0 bridgehead atoms. The highest BCUT2D eigenvalue weighted by Gasteiger charge is 2.16. The molecule has 5 aromatic rings. The van der Waals surface area contributed by atoms with E-state index in [0.29, 0.717) is 32.0 Å². The summed E-state index contributed by atoms with van der Waals surface area (Å²) in [4.78, 5) is 13.3. The van der Waals surface area contributed by atoms with Crippen LogP contribution in [-0.4, -0.2) is 30.8 Å². The van der Waals surface area contributed by atoms with Crippen LogP contribution in [0.2, 0.25) is 10.0 Å². The number of nitrogens with zero attached hydrogens (tertiary/aromatic N) is 4. The average molecular weight is 529 g/mol. The monoisotopic (exact) mass is 528 g/mol. The highest BCUT2D eigenvalue weighted by molar-refractivity contribution is 7.80. The van der Waals surface area contributed by atoms with Crippen LogP contribution < -0.4 is 10.6 Å². The maximum Gasteiger partial charge on any atom is 0.293 e. The molecule has 0 saturated heterocycles. The highest BCUT2D eigenvalue weighted by atomic mass is 35.5. The van der Waals surface area contributed by atoms with Crippen LogP contribution in [0.5, 0.6) is 0 Å². The largest absolute Gasteiger partial charge is 0.451 e. The number of nitrogens with one attached hydrogen (secondary N) is 2. The molecular weight excluding hydrogens is 515 g/mol. The first-order valence-electron chi connectivity index (χ1n) is 9.84. The van der Waals surface area contributed by atoms with E-state index in [-0.39, 0.29) is 10.9 Å². The number of amides is 1. The minimum absolute atomic E-state index is 0.0917. The lowest BCUT2D eigenvalue weighted by molar-refractivity contribution is 0.0951. The van der Waals surface area contributed by atoms with Crippen molar-refractivity contribution in [3.63, 3.8) is 0 Å². The van der Waals surface area contributed by atoms with Gasteiger partial charge in [0.1, 0.15) is 10.8 Å². The number of aryl methyl sites for hydroxylation is 1. The van der Waals surface area contributed by atoms with Gasteiger partial charge < -0.3 is 9.73 Å². The fourth-order valence-corrected chi connectivity index (χ4v) is 4.78. The summed E-state index contributed by atoms with van der Waals surface area (Å²) in [5.41, 5.74) is 2.20. The van der Waals surface area contributed by atoms with Gasteiger partial charge in [0.2, 0.25) is 4.96 Å². The Morgan fingerprint density at radius 2 is 1.97 bits per heavy atom. The Bertz CT molecular complexity index is 1560. The number of benzene rings is 2. The first-order chi connectivity index (χ1) is 16.4. The average Bonchev–Trinajstić information content (AvgIpc) is 3.52. The number of halogens is 2. The number of carbonyl (C=O) groups is 1. The van der Waals surface area contributed by atoms with Gasteiger partial charge in [0.05, 0.1) is 5.02 Å². The summed E-state index contributed by atoms with van der Waals surface area (Å²) in [7, 11) is 0. The van der Waals surface area contributed by atoms with Gasteiger partial charge in [-0.3, -0.25) is 10.1 Å². The van der Waals surface area contributed by atoms with Crippen LogP contribution >= 0.6 is 46.8 Å². The number of fused-ring (bicyclic) bond motifs is 1. The molecule has 0 aliphatic rings. The molecule has 0 unspecified atom stereocenters. The van der Waals surface area contributed by atoms with Gasteiger partial charge in [-0.15, -0.1) is 10.2 Å². The first kappa shape index (κ1) is 22.5. The van der Waals surface area contributed by atoms with Gasteiger partial charge in [0.15, 0.2) is 16.7 Å². The Morgan fingerprint density at radius 3 is 2.76 bits per heavy atom. The Kier molecular flexibility index (Phi) is 6.05. The SMILES string of the molecule is Cc1nnc2sc(-c3cccc(NC(=S)NC(=O)c4ccc(-c5ccc(Cl)cc5Cl)o4)c3)nn12. The van der Waals surface area contributed by atoms with Gasteiger partial charge in [-0.2, -0.15) is 9.61 Å². The number of hydrogen-bond donors (Lipinski definition) is 2. The predicted octanol–water partition coefficient (Wildman–Crippen LogP) is 5.85. The zero-order valence-electron chi connectivity index (χ0n) is 17.4. The number of thiocarbonyl (C=S) groups is 1. The number of rotatable bonds is 4.